The highest BCUT2D eigenvalue weighted by atomic mass is 16.6. The second-order valence-electron chi connectivity index (χ2n) is 13.6. The zero-order valence-corrected chi connectivity index (χ0v) is 28.7. The molecule has 0 radical (unpaired) electrons. The number of likely N-dealkylation sites (tertiary alicyclic amines) is 1. The maximum atomic E-state index is 11.4. The van der Waals surface area contributed by atoms with Gasteiger partial charge in [0.05, 0.1) is 56.9 Å². The molecule has 1 fully saturated rings. The lowest BCUT2D eigenvalue weighted by atomic mass is 10.0. The molecular formula is C37H53N7O4. The summed E-state index contributed by atoms with van der Waals surface area (Å²) < 4.78 is 4.34. The molecule has 0 amide bonds. The third kappa shape index (κ3) is 9.18. The average Bonchev–Trinajstić information content (AvgIpc) is 3.71. The summed E-state index contributed by atoms with van der Waals surface area (Å²) >= 11 is 0. The monoisotopic (exact) mass is 659 g/mol. The van der Waals surface area contributed by atoms with Crippen molar-refractivity contribution in [3.63, 3.8) is 0 Å². The molecule has 0 bridgehead atoms. The Morgan fingerprint density at radius 3 is 1.42 bits per heavy atom. The molecule has 1 aliphatic heterocycles. The van der Waals surface area contributed by atoms with Gasteiger partial charge in [-0.3, -0.25) is 25.1 Å². The number of unbranched alkanes of at least 4 members (excludes halogenated alkanes) is 15. The zero-order chi connectivity index (χ0) is 33.7. The van der Waals surface area contributed by atoms with E-state index in [-0.39, 0.29) is 33.6 Å². The van der Waals surface area contributed by atoms with Crippen molar-refractivity contribution in [2.75, 3.05) is 6.54 Å². The third-order valence-electron chi connectivity index (χ3n) is 10.1. The number of rotatable bonds is 21. The summed E-state index contributed by atoms with van der Waals surface area (Å²) in [6, 6.07) is 9.81. The fourth-order valence-corrected chi connectivity index (χ4v) is 7.49. The van der Waals surface area contributed by atoms with Crippen LogP contribution in [0.5, 0.6) is 0 Å². The number of non-ortho nitro benzene ring substituents is 2. The van der Waals surface area contributed by atoms with Gasteiger partial charge in [-0.05, 0) is 37.8 Å². The van der Waals surface area contributed by atoms with E-state index in [0.29, 0.717) is 11.0 Å². The summed E-state index contributed by atoms with van der Waals surface area (Å²) in [4.78, 5) is 33.7. The predicted octanol–water partition coefficient (Wildman–Crippen LogP) is 10.6. The fourth-order valence-electron chi connectivity index (χ4n) is 7.49. The standard InChI is InChI=1S/C37H53N7O4/c1-2-3-4-5-6-7-8-9-10-11-12-13-14-15-16-17-25-40-36(41-28-38-32-26-30(43(45)46)21-23-34(32)41)19-18-20-37(40)42-29-39-33-27-31(44(47)48)22-24-35(33)42/h21-24,26-29,36-37H,2-20,25H2,1H3. The van der Waals surface area contributed by atoms with Gasteiger partial charge in [0.1, 0.15) is 0 Å². The average molecular weight is 660 g/mol. The maximum Gasteiger partial charge on any atom is 0.271 e. The van der Waals surface area contributed by atoms with Crippen LogP contribution < -0.4 is 0 Å². The van der Waals surface area contributed by atoms with E-state index in [1.807, 2.05) is 24.8 Å². The number of nitrogens with zero attached hydrogens (tertiary/aromatic N) is 7. The Morgan fingerprint density at radius 2 is 1.02 bits per heavy atom. The second-order valence-corrected chi connectivity index (χ2v) is 13.6. The first-order chi connectivity index (χ1) is 23.5. The molecule has 0 spiro atoms. The number of hydrogen-bond donors (Lipinski definition) is 0. The van der Waals surface area contributed by atoms with Gasteiger partial charge in [-0.1, -0.05) is 103 Å². The molecule has 2 unspecified atom stereocenters. The van der Waals surface area contributed by atoms with Crippen LogP contribution in [0.2, 0.25) is 0 Å². The van der Waals surface area contributed by atoms with E-state index in [9.17, 15) is 20.2 Å². The molecule has 260 valence electrons. The van der Waals surface area contributed by atoms with Crippen LogP contribution in [0, 0.1) is 20.2 Å². The minimum atomic E-state index is -0.382. The van der Waals surface area contributed by atoms with Crippen molar-refractivity contribution in [2.24, 2.45) is 0 Å². The smallest absolute Gasteiger partial charge is 0.271 e. The van der Waals surface area contributed by atoms with Gasteiger partial charge in [0.25, 0.3) is 11.4 Å². The Bertz CT molecular complexity index is 1520. The van der Waals surface area contributed by atoms with Crippen molar-refractivity contribution in [1.82, 2.24) is 24.0 Å². The number of piperidine rings is 1. The molecule has 3 heterocycles. The molecule has 0 aliphatic carbocycles. The van der Waals surface area contributed by atoms with Gasteiger partial charge in [-0.25, -0.2) is 9.97 Å². The molecule has 5 rings (SSSR count). The molecule has 2 aromatic heterocycles. The third-order valence-corrected chi connectivity index (χ3v) is 10.1. The number of benzene rings is 2. The molecule has 11 nitrogen and oxygen atoms in total. The van der Waals surface area contributed by atoms with Gasteiger partial charge in [-0.15, -0.1) is 0 Å². The van der Waals surface area contributed by atoms with Crippen molar-refractivity contribution in [3.05, 3.63) is 69.3 Å². The van der Waals surface area contributed by atoms with Crippen LogP contribution in [0.25, 0.3) is 22.1 Å². The normalized spacial score (nSPS) is 17.0. The fraction of sp³-hybridized carbons (Fsp3) is 0.622. The Kier molecular flexibility index (Phi) is 13.3. The van der Waals surface area contributed by atoms with Gasteiger partial charge < -0.3 is 9.13 Å². The summed E-state index contributed by atoms with van der Waals surface area (Å²) in [5, 5.41) is 22.8. The first kappa shape index (κ1) is 35.4. The van der Waals surface area contributed by atoms with Crippen LogP contribution >= 0.6 is 0 Å². The van der Waals surface area contributed by atoms with Gasteiger partial charge in [-0.2, -0.15) is 0 Å². The van der Waals surface area contributed by atoms with Crippen molar-refractivity contribution < 1.29 is 9.85 Å². The van der Waals surface area contributed by atoms with E-state index in [4.69, 9.17) is 0 Å². The van der Waals surface area contributed by atoms with Crippen LogP contribution in [0.15, 0.2) is 49.1 Å². The molecule has 2 atom stereocenters. The molecule has 4 aromatic rings. The Morgan fingerprint density at radius 1 is 0.625 bits per heavy atom. The first-order valence-corrected chi connectivity index (χ1v) is 18.5. The molecule has 1 saturated heterocycles. The second kappa shape index (κ2) is 18.1. The van der Waals surface area contributed by atoms with E-state index in [0.717, 1.165) is 43.3 Å². The molecule has 11 heteroatoms. The Labute approximate surface area is 284 Å². The number of hydrogen-bond acceptors (Lipinski definition) is 7. The number of nitro groups is 2. The van der Waals surface area contributed by atoms with E-state index in [1.165, 1.54) is 96.3 Å². The number of imidazole rings is 2. The van der Waals surface area contributed by atoms with Crippen molar-refractivity contribution in [2.45, 2.75) is 141 Å². The van der Waals surface area contributed by atoms with Crippen molar-refractivity contribution >= 4 is 33.4 Å². The van der Waals surface area contributed by atoms with Gasteiger partial charge in [0, 0.05) is 30.8 Å². The molecule has 0 N–H and O–H groups in total. The summed E-state index contributed by atoms with van der Waals surface area (Å²) in [7, 11) is 0. The molecule has 1 aliphatic rings. The van der Waals surface area contributed by atoms with Crippen LogP contribution in [-0.4, -0.2) is 40.4 Å². The largest absolute Gasteiger partial charge is 0.314 e. The lowest BCUT2D eigenvalue weighted by Gasteiger charge is -2.43. The van der Waals surface area contributed by atoms with Gasteiger partial charge in [0.2, 0.25) is 0 Å². The summed E-state index contributed by atoms with van der Waals surface area (Å²) in [5.74, 6) is 0. The van der Waals surface area contributed by atoms with E-state index in [2.05, 4.69) is 30.9 Å². The summed E-state index contributed by atoms with van der Waals surface area (Å²) in [6.45, 7) is 3.17. The van der Waals surface area contributed by atoms with Gasteiger partial charge in [0.15, 0.2) is 0 Å². The minimum absolute atomic E-state index is 0.0297. The van der Waals surface area contributed by atoms with Crippen molar-refractivity contribution in [1.29, 1.82) is 0 Å². The summed E-state index contributed by atoms with van der Waals surface area (Å²) in [5.41, 5.74) is 3.09. The quantitative estimate of drug-likeness (QED) is 0.0495. The Balaban J connectivity index is 1.17. The molecular weight excluding hydrogens is 606 g/mol. The van der Waals surface area contributed by atoms with Crippen LogP contribution in [0.1, 0.15) is 141 Å². The summed E-state index contributed by atoms with van der Waals surface area (Å²) in [6.07, 6.45) is 27.8. The highest BCUT2D eigenvalue weighted by molar-refractivity contribution is 5.79. The highest BCUT2D eigenvalue weighted by Crippen LogP contribution is 2.39. The first-order valence-electron chi connectivity index (χ1n) is 18.5. The van der Waals surface area contributed by atoms with Crippen LogP contribution in [-0.2, 0) is 0 Å². The number of fused-ring (bicyclic) bond motifs is 2. The predicted molar refractivity (Wildman–Crippen MR) is 191 cm³/mol. The minimum Gasteiger partial charge on any atom is -0.314 e. The Hall–Kier alpha value is -3.86. The molecule has 0 saturated carbocycles. The SMILES string of the molecule is CCCCCCCCCCCCCCCCCCN1C(n2cnc3cc([N+](=O)[O-])ccc32)CCCC1n1cnc2cc([N+](=O)[O-])ccc21. The lowest BCUT2D eigenvalue weighted by molar-refractivity contribution is -0.384. The maximum absolute atomic E-state index is 11.4. The molecule has 48 heavy (non-hydrogen) atoms. The van der Waals surface area contributed by atoms with Gasteiger partial charge >= 0.3 is 0 Å². The highest BCUT2D eigenvalue weighted by Gasteiger charge is 2.34. The van der Waals surface area contributed by atoms with Crippen molar-refractivity contribution in [3.8, 4) is 0 Å². The number of aromatic nitrogens is 4. The van der Waals surface area contributed by atoms with Crippen LogP contribution in [0.4, 0.5) is 11.4 Å². The van der Waals surface area contributed by atoms with E-state index < -0.39 is 0 Å². The zero-order valence-electron chi connectivity index (χ0n) is 28.7. The van der Waals surface area contributed by atoms with E-state index in [1.54, 1.807) is 24.3 Å². The topological polar surface area (TPSA) is 125 Å². The lowest BCUT2D eigenvalue weighted by Crippen LogP contribution is -2.42. The molecule has 2 aromatic carbocycles. The van der Waals surface area contributed by atoms with Crippen LogP contribution in [0.3, 0.4) is 0 Å². The van der Waals surface area contributed by atoms with E-state index >= 15 is 0 Å². The number of nitro benzene ring substituents is 2.